The third-order valence-electron chi connectivity index (χ3n) is 6.21. The first-order valence-electron chi connectivity index (χ1n) is 11.7. The lowest BCUT2D eigenvalue weighted by Gasteiger charge is -2.34. The number of rotatable bonds is 6. The molecule has 2 aromatic carbocycles. The van der Waals surface area contributed by atoms with E-state index in [9.17, 15) is 14.4 Å². The van der Waals surface area contributed by atoms with Gasteiger partial charge in [0.2, 0.25) is 0 Å². The summed E-state index contributed by atoms with van der Waals surface area (Å²) in [5.74, 6) is -0.220. The molecule has 0 aromatic heterocycles. The summed E-state index contributed by atoms with van der Waals surface area (Å²) in [7, 11) is 1.53. The van der Waals surface area contributed by atoms with Gasteiger partial charge in [-0.2, -0.15) is 0 Å². The van der Waals surface area contributed by atoms with Crippen molar-refractivity contribution in [1.29, 1.82) is 0 Å². The number of ether oxygens (including phenoxy) is 2. The first-order chi connectivity index (χ1) is 17.0. The maximum atomic E-state index is 13.4. The summed E-state index contributed by atoms with van der Waals surface area (Å²) in [5, 5.41) is 2.90. The number of nitrogens with one attached hydrogen (secondary N) is 1. The van der Waals surface area contributed by atoms with Crippen LogP contribution in [0.2, 0.25) is 0 Å². The normalized spacial score (nSPS) is 17.9. The van der Waals surface area contributed by atoms with Gasteiger partial charge in [-0.15, -0.1) is 0 Å². The van der Waals surface area contributed by atoms with Crippen LogP contribution < -0.4 is 15.8 Å². The van der Waals surface area contributed by atoms with E-state index in [4.69, 9.17) is 15.2 Å². The van der Waals surface area contributed by atoms with Crippen LogP contribution in [-0.4, -0.2) is 85.2 Å². The zero-order valence-corrected chi connectivity index (χ0v) is 19.8. The Morgan fingerprint density at radius 1 is 1.00 bits per heavy atom. The number of carbonyl (C=O) groups is 3. The molecule has 2 aliphatic heterocycles. The van der Waals surface area contributed by atoms with Gasteiger partial charge in [0.05, 0.1) is 20.3 Å². The number of carbonyl (C=O) groups excluding carboxylic acids is 3. The van der Waals surface area contributed by atoms with Gasteiger partial charge >= 0.3 is 6.03 Å². The highest BCUT2D eigenvalue weighted by Crippen LogP contribution is 2.23. The zero-order valence-electron chi connectivity index (χ0n) is 19.8. The summed E-state index contributed by atoms with van der Waals surface area (Å²) in [6.45, 7) is 2.93. The number of nitrogens with zero attached hydrogens (tertiary/aromatic N) is 3. The second-order valence-electron chi connectivity index (χ2n) is 8.42. The van der Waals surface area contributed by atoms with E-state index in [1.807, 2.05) is 24.3 Å². The Hall–Kier alpha value is -3.63. The molecule has 4 amide bonds. The van der Waals surface area contributed by atoms with E-state index < -0.39 is 12.1 Å². The Kier molecular flexibility index (Phi) is 7.84. The van der Waals surface area contributed by atoms with Crippen molar-refractivity contribution < 1.29 is 23.9 Å². The lowest BCUT2D eigenvalue weighted by atomic mass is 10.1. The van der Waals surface area contributed by atoms with Crippen molar-refractivity contribution in [2.45, 2.75) is 19.3 Å². The molecule has 186 valence electrons. The number of benzene rings is 2. The molecule has 1 unspecified atom stereocenters. The summed E-state index contributed by atoms with van der Waals surface area (Å²) >= 11 is 0. The minimum Gasteiger partial charge on any atom is -0.497 e. The average Bonchev–Trinajstić information content (AvgIpc) is 3.36. The van der Waals surface area contributed by atoms with Crippen LogP contribution in [-0.2, 0) is 22.6 Å². The lowest BCUT2D eigenvalue weighted by Crippen LogP contribution is -2.57. The van der Waals surface area contributed by atoms with Crippen LogP contribution in [0.5, 0.6) is 5.75 Å². The van der Waals surface area contributed by atoms with Gasteiger partial charge < -0.3 is 30.3 Å². The fourth-order valence-corrected chi connectivity index (χ4v) is 4.33. The number of amides is 4. The van der Waals surface area contributed by atoms with E-state index in [-0.39, 0.29) is 31.6 Å². The minimum atomic E-state index is -1.07. The topological polar surface area (TPSA) is 117 Å². The Morgan fingerprint density at radius 2 is 1.71 bits per heavy atom. The number of urea groups is 1. The summed E-state index contributed by atoms with van der Waals surface area (Å²) in [5.41, 5.74) is 7.95. The molecular weight excluding hydrogens is 450 g/mol. The number of hydrogen-bond donors (Lipinski definition) is 2. The molecule has 2 aliphatic rings. The largest absolute Gasteiger partial charge is 0.497 e. The molecule has 1 atom stereocenters. The van der Waals surface area contributed by atoms with Gasteiger partial charge in [-0.05, 0) is 29.3 Å². The first-order valence-corrected chi connectivity index (χ1v) is 11.7. The van der Waals surface area contributed by atoms with Crippen LogP contribution in [0.4, 0.5) is 4.79 Å². The van der Waals surface area contributed by atoms with Crippen molar-refractivity contribution in [1.82, 2.24) is 20.0 Å². The number of morpholine rings is 1. The number of nitrogens with two attached hydrogens (primary N) is 1. The van der Waals surface area contributed by atoms with Crippen molar-refractivity contribution in [2.24, 2.45) is 5.73 Å². The molecule has 4 rings (SSSR count). The highest BCUT2D eigenvalue weighted by molar-refractivity contribution is 5.99. The fraction of sp³-hybridized carbons (Fsp3) is 0.400. The molecular formula is C25H31N5O5. The summed E-state index contributed by atoms with van der Waals surface area (Å²) in [6.07, 6.45) is -1.07. The van der Waals surface area contributed by atoms with E-state index in [1.165, 1.54) is 16.9 Å². The fourth-order valence-electron chi connectivity index (χ4n) is 4.33. The minimum absolute atomic E-state index is 0.243. The van der Waals surface area contributed by atoms with Gasteiger partial charge in [0.1, 0.15) is 5.75 Å². The number of methoxy groups -OCH3 is 1. The summed E-state index contributed by atoms with van der Waals surface area (Å²) in [6, 6.07) is 14.1. The molecule has 0 spiro atoms. The molecule has 2 heterocycles. The second kappa shape index (κ2) is 11.2. The summed E-state index contributed by atoms with van der Waals surface area (Å²) < 4.78 is 10.6. The van der Waals surface area contributed by atoms with Crippen molar-refractivity contribution >= 4 is 17.8 Å². The van der Waals surface area contributed by atoms with Crippen LogP contribution in [0, 0.1) is 0 Å². The van der Waals surface area contributed by atoms with Crippen LogP contribution in [0.15, 0.2) is 48.5 Å². The van der Waals surface area contributed by atoms with Crippen LogP contribution >= 0.6 is 0 Å². The molecule has 0 aliphatic carbocycles. The maximum absolute atomic E-state index is 13.4. The van der Waals surface area contributed by atoms with Crippen LogP contribution in [0.3, 0.4) is 0 Å². The Labute approximate surface area is 204 Å². The van der Waals surface area contributed by atoms with Gasteiger partial charge in [0, 0.05) is 44.8 Å². The second-order valence-corrected chi connectivity index (χ2v) is 8.42. The van der Waals surface area contributed by atoms with Crippen molar-refractivity contribution in [2.75, 3.05) is 46.5 Å². The summed E-state index contributed by atoms with van der Waals surface area (Å²) in [4.78, 5) is 44.8. The monoisotopic (exact) mass is 481 g/mol. The SMILES string of the molecule is COc1cccc(C(=O)N2CCN(C(=O)N3CCOCC3)C2C(=O)NCc2cccc(CN)c2)c1. The molecule has 10 nitrogen and oxygen atoms in total. The first kappa shape index (κ1) is 24.5. The highest BCUT2D eigenvalue weighted by Gasteiger charge is 2.44. The quantitative estimate of drug-likeness (QED) is 0.636. The molecule has 0 radical (unpaired) electrons. The molecule has 0 bridgehead atoms. The van der Waals surface area contributed by atoms with Gasteiger partial charge in [-0.1, -0.05) is 30.3 Å². The van der Waals surface area contributed by atoms with Crippen molar-refractivity contribution in [3.8, 4) is 5.75 Å². The Bertz CT molecular complexity index is 1070. The molecule has 35 heavy (non-hydrogen) atoms. The third kappa shape index (κ3) is 5.55. The molecule has 3 N–H and O–H groups in total. The van der Waals surface area contributed by atoms with E-state index in [2.05, 4.69) is 5.32 Å². The number of hydrogen-bond acceptors (Lipinski definition) is 6. The molecule has 10 heteroatoms. The Morgan fingerprint density at radius 3 is 2.46 bits per heavy atom. The molecule has 0 saturated carbocycles. The third-order valence-corrected chi connectivity index (χ3v) is 6.21. The molecule has 2 saturated heterocycles. The van der Waals surface area contributed by atoms with Gasteiger partial charge in [0.15, 0.2) is 6.17 Å². The van der Waals surface area contributed by atoms with Gasteiger partial charge in [0.25, 0.3) is 11.8 Å². The predicted octanol–water partition coefficient (Wildman–Crippen LogP) is 1.01. The van der Waals surface area contributed by atoms with E-state index in [1.54, 1.807) is 29.2 Å². The maximum Gasteiger partial charge on any atom is 0.322 e. The van der Waals surface area contributed by atoms with Crippen LogP contribution in [0.1, 0.15) is 21.5 Å². The zero-order chi connectivity index (χ0) is 24.8. The van der Waals surface area contributed by atoms with Crippen molar-refractivity contribution in [3.05, 3.63) is 65.2 Å². The molecule has 2 fully saturated rings. The highest BCUT2D eigenvalue weighted by atomic mass is 16.5. The van der Waals surface area contributed by atoms with Crippen molar-refractivity contribution in [3.63, 3.8) is 0 Å². The average molecular weight is 482 g/mol. The standard InChI is InChI=1S/C25H31N5O5/c1-34-21-7-3-6-20(15-21)24(32)29-8-9-30(25(33)28-10-12-35-13-11-28)23(29)22(31)27-17-19-5-2-4-18(14-19)16-26/h2-7,14-15,23H,8-13,16-17,26H2,1H3,(H,27,31). The van der Waals surface area contributed by atoms with Gasteiger partial charge in [-0.25, -0.2) is 4.79 Å². The van der Waals surface area contributed by atoms with E-state index in [0.29, 0.717) is 44.2 Å². The Balaban J connectivity index is 1.56. The van der Waals surface area contributed by atoms with E-state index >= 15 is 0 Å². The molecule has 2 aromatic rings. The lowest BCUT2D eigenvalue weighted by molar-refractivity contribution is -0.128. The smallest absolute Gasteiger partial charge is 0.322 e. The predicted molar refractivity (Wildman–Crippen MR) is 128 cm³/mol. The van der Waals surface area contributed by atoms with Crippen LogP contribution in [0.25, 0.3) is 0 Å². The van der Waals surface area contributed by atoms with E-state index in [0.717, 1.165) is 11.1 Å². The van der Waals surface area contributed by atoms with Gasteiger partial charge in [-0.3, -0.25) is 14.5 Å².